The Morgan fingerprint density at radius 3 is 3.05 bits per heavy atom. The van der Waals surface area contributed by atoms with Crippen LogP contribution in [0.2, 0.25) is 5.02 Å². The van der Waals surface area contributed by atoms with Crippen molar-refractivity contribution < 1.29 is 19.0 Å². The standard InChI is InChI=1S/C15H20ClFN2O3/c1-18(4-6-20)9-12-10-22-7-5-19(12)15(21)13-3-2-11(17)8-14(13)16/h2-3,8,12,20H,4-7,9-10H2,1H3/t12-/m0/s1. The molecule has 0 aliphatic carbocycles. The van der Waals surface area contributed by atoms with Crippen LogP contribution in [0.15, 0.2) is 18.2 Å². The van der Waals surface area contributed by atoms with Gasteiger partial charge in [0.1, 0.15) is 5.82 Å². The molecular formula is C15H20ClFN2O3. The molecule has 7 heteroatoms. The molecule has 1 aromatic carbocycles. The molecule has 122 valence electrons. The summed E-state index contributed by atoms with van der Waals surface area (Å²) in [5.74, 6) is -0.696. The minimum Gasteiger partial charge on any atom is -0.395 e. The molecule has 1 aromatic rings. The lowest BCUT2D eigenvalue weighted by molar-refractivity contribution is -0.0109. The van der Waals surface area contributed by atoms with Gasteiger partial charge >= 0.3 is 0 Å². The van der Waals surface area contributed by atoms with Crippen LogP contribution in [0, 0.1) is 5.82 Å². The van der Waals surface area contributed by atoms with Gasteiger partial charge in [-0.15, -0.1) is 0 Å². The number of rotatable bonds is 5. The van der Waals surface area contributed by atoms with Crippen LogP contribution < -0.4 is 0 Å². The SMILES string of the molecule is CN(CCO)C[C@H]1COCCN1C(=O)c1ccc(F)cc1Cl. The first-order valence-corrected chi connectivity index (χ1v) is 7.54. The first-order chi connectivity index (χ1) is 10.5. The third kappa shape index (κ3) is 4.16. The Balaban J connectivity index is 2.14. The lowest BCUT2D eigenvalue weighted by atomic mass is 10.1. The van der Waals surface area contributed by atoms with E-state index in [-0.39, 0.29) is 23.6 Å². The summed E-state index contributed by atoms with van der Waals surface area (Å²) in [6, 6.07) is 3.65. The number of ether oxygens (including phenoxy) is 1. The lowest BCUT2D eigenvalue weighted by Crippen LogP contribution is -2.53. The molecule has 22 heavy (non-hydrogen) atoms. The number of morpholine rings is 1. The quantitative estimate of drug-likeness (QED) is 0.882. The number of amides is 1. The van der Waals surface area contributed by atoms with E-state index in [2.05, 4.69) is 0 Å². The molecule has 0 aromatic heterocycles. The van der Waals surface area contributed by atoms with Crippen LogP contribution in [0.4, 0.5) is 4.39 Å². The number of hydrogen-bond acceptors (Lipinski definition) is 4. The summed E-state index contributed by atoms with van der Waals surface area (Å²) in [6.07, 6.45) is 0. The van der Waals surface area contributed by atoms with Gasteiger partial charge in [0.25, 0.3) is 5.91 Å². The number of carbonyl (C=O) groups excluding carboxylic acids is 1. The third-order valence-electron chi connectivity index (χ3n) is 3.65. The third-order valence-corrected chi connectivity index (χ3v) is 3.97. The van der Waals surface area contributed by atoms with E-state index in [9.17, 15) is 9.18 Å². The van der Waals surface area contributed by atoms with Crippen LogP contribution in [0.25, 0.3) is 0 Å². The second-order valence-corrected chi connectivity index (χ2v) is 5.74. The summed E-state index contributed by atoms with van der Waals surface area (Å²) in [5, 5.41) is 9.09. The van der Waals surface area contributed by atoms with Crippen LogP contribution in [0.5, 0.6) is 0 Å². The van der Waals surface area contributed by atoms with Crippen LogP contribution in [0.3, 0.4) is 0 Å². The molecule has 0 radical (unpaired) electrons. The summed E-state index contributed by atoms with van der Waals surface area (Å²) >= 11 is 5.98. The van der Waals surface area contributed by atoms with E-state index in [1.54, 1.807) is 4.90 Å². The molecule has 5 nitrogen and oxygen atoms in total. The Morgan fingerprint density at radius 2 is 2.36 bits per heavy atom. The molecule has 2 rings (SSSR count). The number of halogens is 2. The van der Waals surface area contributed by atoms with Crippen molar-refractivity contribution in [1.29, 1.82) is 0 Å². The van der Waals surface area contributed by atoms with Crippen LogP contribution in [-0.4, -0.2) is 73.4 Å². The first kappa shape index (κ1) is 17.1. The number of hydrogen-bond donors (Lipinski definition) is 1. The molecule has 1 fully saturated rings. The summed E-state index contributed by atoms with van der Waals surface area (Å²) < 4.78 is 18.6. The molecule has 1 aliphatic rings. The highest BCUT2D eigenvalue weighted by molar-refractivity contribution is 6.33. The van der Waals surface area contributed by atoms with Crippen molar-refractivity contribution in [3.63, 3.8) is 0 Å². The molecular weight excluding hydrogens is 311 g/mol. The molecule has 1 atom stereocenters. The van der Waals surface area contributed by atoms with E-state index < -0.39 is 5.82 Å². The van der Waals surface area contributed by atoms with Gasteiger partial charge in [0.05, 0.1) is 36.4 Å². The van der Waals surface area contributed by atoms with Gasteiger partial charge in [-0.25, -0.2) is 4.39 Å². The average Bonchev–Trinajstić information content (AvgIpc) is 2.47. The monoisotopic (exact) mass is 330 g/mol. The van der Waals surface area contributed by atoms with Gasteiger partial charge in [0, 0.05) is 19.6 Å². The Labute approximate surface area is 134 Å². The van der Waals surface area contributed by atoms with Crippen LogP contribution >= 0.6 is 11.6 Å². The molecule has 1 heterocycles. The van der Waals surface area contributed by atoms with Gasteiger partial charge in [0.15, 0.2) is 0 Å². The summed E-state index contributed by atoms with van der Waals surface area (Å²) in [7, 11) is 1.87. The largest absolute Gasteiger partial charge is 0.395 e. The van der Waals surface area contributed by atoms with Gasteiger partial charge in [-0.05, 0) is 25.2 Å². The number of benzene rings is 1. The molecule has 0 bridgehead atoms. The Hall–Kier alpha value is -1.21. The van der Waals surface area contributed by atoms with Gasteiger partial charge in [-0.2, -0.15) is 0 Å². The fourth-order valence-corrected chi connectivity index (χ4v) is 2.76. The van der Waals surface area contributed by atoms with Crippen molar-refractivity contribution in [1.82, 2.24) is 9.80 Å². The fourth-order valence-electron chi connectivity index (χ4n) is 2.51. The second-order valence-electron chi connectivity index (χ2n) is 5.34. The predicted octanol–water partition coefficient (Wildman–Crippen LogP) is 1.24. The number of aliphatic hydroxyl groups is 1. The van der Waals surface area contributed by atoms with Crippen molar-refractivity contribution in [2.75, 3.05) is 46.5 Å². The van der Waals surface area contributed by atoms with E-state index in [1.807, 2.05) is 11.9 Å². The van der Waals surface area contributed by atoms with Gasteiger partial charge in [-0.3, -0.25) is 4.79 Å². The van der Waals surface area contributed by atoms with Gasteiger partial charge in [0.2, 0.25) is 0 Å². The second kappa shape index (κ2) is 7.87. The summed E-state index contributed by atoms with van der Waals surface area (Å²) in [4.78, 5) is 16.3. The van der Waals surface area contributed by atoms with Crippen molar-refractivity contribution in [2.45, 2.75) is 6.04 Å². The zero-order valence-electron chi connectivity index (χ0n) is 12.5. The Morgan fingerprint density at radius 1 is 1.59 bits per heavy atom. The molecule has 1 aliphatic heterocycles. The van der Waals surface area contributed by atoms with Crippen molar-refractivity contribution in [3.05, 3.63) is 34.6 Å². The van der Waals surface area contributed by atoms with Crippen molar-refractivity contribution in [2.24, 2.45) is 0 Å². The molecule has 0 spiro atoms. The van der Waals surface area contributed by atoms with Crippen molar-refractivity contribution in [3.8, 4) is 0 Å². The Bertz CT molecular complexity index is 530. The summed E-state index contributed by atoms with van der Waals surface area (Å²) in [6.45, 7) is 2.53. The zero-order valence-corrected chi connectivity index (χ0v) is 13.2. The number of aliphatic hydroxyl groups excluding tert-OH is 1. The molecule has 1 N–H and O–H groups in total. The average molecular weight is 331 g/mol. The van der Waals surface area contributed by atoms with E-state index in [0.29, 0.717) is 38.4 Å². The molecule has 1 saturated heterocycles. The molecule has 0 saturated carbocycles. The Kier molecular flexibility index (Phi) is 6.14. The zero-order chi connectivity index (χ0) is 16.1. The maximum absolute atomic E-state index is 13.1. The highest BCUT2D eigenvalue weighted by Crippen LogP contribution is 2.21. The minimum atomic E-state index is -0.470. The van der Waals surface area contributed by atoms with Gasteiger partial charge < -0.3 is 19.6 Å². The molecule has 1 amide bonds. The van der Waals surface area contributed by atoms with E-state index in [0.717, 1.165) is 6.07 Å². The fraction of sp³-hybridized carbons (Fsp3) is 0.533. The lowest BCUT2D eigenvalue weighted by Gasteiger charge is -2.37. The first-order valence-electron chi connectivity index (χ1n) is 7.16. The number of likely N-dealkylation sites (N-methyl/N-ethyl adjacent to an activating group) is 1. The van der Waals surface area contributed by atoms with Crippen LogP contribution in [-0.2, 0) is 4.74 Å². The van der Waals surface area contributed by atoms with E-state index in [4.69, 9.17) is 21.4 Å². The van der Waals surface area contributed by atoms with Gasteiger partial charge in [-0.1, -0.05) is 11.6 Å². The van der Waals surface area contributed by atoms with E-state index >= 15 is 0 Å². The maximum Gasteiger partial charge on any atom is 0.255 e. The maximum atomic E-state index is 13.1. The predicted molar refractivity (Wildman–Crippen MR) is 81.6 cm³/mol. The number of carbonyl (C=O) groups is 1. The normalized spacial score (nSPS) is 18.8. The van der Waals surface area contributed by atoms with Crippen LogP contribution in [0.1, 0.15) is 10.4 Å². The highest BCUT2D eigenvalue weighted by atomic mass is 35.5. The topological polar surface area (TPSA) is 53.0 Å². The number of nitrogens with zero attached hydrogens (tertiary/aromatic N) is 2. The van der Waals surface area contributed by atoms with E-state index in [1.165, 1.54) is 12.1 Å². The molecule has 0 unspecified atom stereocenters. The summed E-state index contributed by atoms with van der Waals surface area (Å²) in [5.41, 5.74) is 0.291. The highest BCUT2D eigenvalue weighted by Gasteiger charge is 2.29. The smallest absolute Gasteiger partial charge is 0.255 e. The van der Waals surface area contributed by atoms with Crippen molar-refractivity contribution >= 4 is 17.5 Å². The minimum absolute atomic E-state index is 0.0574.